The molecule has 1 rings (SSSR count). The number of aromatic nitrogens is 2. The third-order valence-electron chi connectivity index (χ3n) is 1.47. The summed E-state index contributed by atoms with van der Waals surface area (Å²) in [5.74, 6) is -0.965. The van der Waals surface area contributed by atoms with E-state index in [0.717, 1.165) is 4.68 Å². The van der Waals surface area contributed by atoms with Crippen LogP contribution in [0.4, 0.5) is 13.2 Å². The molecule has 0 atom stereocenters. The number of alkyl halides is 3. The van der Waals surface area contributed by atoms with Crippen molar-refractivity contribution in [2.75, 3.05) is 0 Å². The van der Waals surface area contributed by atoms with Gasteiger partial charge < -0.3 is 0 Å². The average Bonchev–Trinajstić information content (AvgIpc) is 2.30. The Balaban J connectivity index is 2.76. The number of carbonyl (C=O) groups is 1. The molecule has 6 heteroatoms. The Labute approximate surface area is 72.2 Å². The number of hydrogen-bond donors (Lipinski definition) is 0. The van der Waals surface area contributed by atoms with Crippen molar-refractivity contribution < 1.29 is 18.0 Å². The zero-order valence-electron chi connectivity index (χ0n) is 6.80. The maximum atomic E-state index is 11.8. The molecule has 0 radical (unpaired) electrons. The molecule has 0 amide bonds. The predicted molar refractivity (Wildman–Crippen MR) is 38.2 cm³/mol. The van der Waals surface area contributed by atoms with Gasteiger partial charge in [0.1, 0.15) is 12.1 Å². The molecule has 0 spiro atoms. The van der Waals surface area contributed by atoms with E-state index in [4.69, 9.17) is 0 Å². The van der Waals surface area contributed by atoms with Crippen LogP contribution in [0.2, 0.25) is 0 Å². The number of ketones is 1. The standard InChI is InChI=1S/C7H7F3N2O/c1-12-5(2-3-11-12)6(13)4-7(8,9)10/h2-3H,4H2,1H3. The minimum absolute atomic E-state index is 0.0303. The molecule has 0 bridgehead atoms. The van der Waals surface area contributed by atoms with Gasteiger partial charge in [0.15, 0.2) is 5.78 Å². The van der Waals surface area contributed by atoms with Crippen LogP contribution in [0, 0.1) is 0 Å². The Hall–Kier alpha value is -1.33. The first-order chi connectivity index (χ1) is 5.90. The fourth-order valence-corrected chi connectivity index (χ4v) is 0.920. The zero-order valence-corrected chi connectivity index (χ0v) is 6.80. The summed E-state index contributed by atoms with van der Waals surface area (Å²) in [6.45, 7) is 0. The van der Waals surface area contributed by atoms with E-state index in [1.54, 1.807) is 0 Å². The SMILES string of the molecule is Cn1nccc1C(=O)CC(F)(F)F. The highest BCUT2D eigenvalue weighted by atomic mass is 19.4. The van der Waals surface area contributed by atoms with Crippen molar-refractivity contribution in [3.05, 3.63) is 18.0 Å². The summed E-state index contributed by atoms with van der Waals surface area (Å²) < 4.78 is 36.5. The van der Waals surface area contributed by atoms with Crippen LogP contribution >= 0.6 is 0 Å². The first-order valence-corrected chi connectivity index (χ1v) is 3.48. The van der Waals surface area contributed by atoms with Crippen LogP contribution in [-0.4, -0.2) is 21.7 Å². The van der Waals surface area contributed by atoms with Gasteiger partial charge in [-0.2, -0.15) is 18.3 Å². The van der Waals surface area contributed by atoms with E-state index >= 15 is 0 Å². The normalized spacial score (nSPS) is 11.7. The maximum absolute atomic E-state index is 11.8. The fourth-order valence-electron chi connectivity index (χ4n) is 0.920. The number of Topliss-reactive ketones (excluding diaryl/α,β-unsaturated/α-hetero) is 1. The lowest BCUT2D eigenvalue weighted by molar-refractivity contribution is -0.125. The number of nitrogens with zero attached hydrogens (tertiary/aromatic N) is 2. The molecule has 0 unspecified atom stereocenters. The number of halogens is 3. The average molecular weight is 192 g/mol. The maximum Gasteiger partial charge on any atom is 0.396 e. The Morgan fingerprint density at radius 3 is 2.62 bits per heavy atom. The number of aryl methyl sites for hydroxylation is 1. The molecule has 1 aromatic heterocycles. The highest BCUT2D eigenvalue weighted by molar-refractivity contribution is 5.94. The van der Waals surface area contributed by atoms with E-state index < -0.39 is 18.4 Å². The molecule has 3 nitrogen and oxygen atoms in total. The highest BCUT2D eigenvalue weighted by Crippen LogP contribution is 2.21. The molecule has 0 N–H and O–H groups in total. The van der Waals surface area contributed by atoms with E-state index in [9.17, 15) is 18.0 Å². The molecule has 1 aromatic rings. The van der Waals surface area contributed by atoms with Crippen LogP contribution in [0.5, 0.6) is 0 Å². The van der Waals surface area contributed by atoms with Crippen molar-refractivity contribution >= 4 is 5.78 Å². The van der Waals surface area contributed by atoms with Crippen LogP contribution in [0.3, 0.4) is 0 Å². The monoisotopic (exact) mass is 192 g/mol. The summed E-state index contributed by atoms with van der Waals surface area (Å²) in [5, 5.41) is 3.60. The number of rotatable bonds is 2. The second kappa shape index (κ2) is 3.20. The van der Waals surface area contributed by atoms with Gasteiger partial charge in [-0.3, -0.25) is 9.48 Å². The summed E-state index contributed by atoms with van der Waals surface area (Å²) in [6, 6.07) is 1.26. The van der Waals surface area contributed by atoms with E-state index in [-0.39, 0.29) is 5.69 Å². The van der Waals surface area contributed by atoms with Crippen molar-refractivity contribution in [3.63, 3.8) is 0 Å². The van der Waals surface area contributed by atoms with Crippen molar-refractivity contribution in [2.45, 2.75) is 12.6 Å². The summed E-state index contributed by atoms with van der Waals surface area (Å²) in [7, 11) is 1.42. The van der Waals surface area contributed by atoms with Gasteiger partial charge in [-0.25, -0.2) is 0 Å². The van der Waals surface area contributed by atoms with Gasteiger partial charge in [-0.05, 0) is 6.07 Å². The van der Waals surface area contributed by atoms with Gasteiger partial charge in [0.2, 0.25) is 0 Å². The molecule has 0 saturated carbocycles. The Morgan fingerprint density at radius 1 is 1.62 bits per heavy atom. The molecular weight excluding hydrogens is 185 g/mol. The minimum atomic E-state index is -4.46. The first-order valence-electron chi connectivity index (χ1n) is 3.48. The Morgan fingerprint density at radius 2 is 2.23 bits per heavy atom. The summed E-state index contributed by atoms with van der Waals surface area (Å²) in [6.07, 6.45) is -4.61. The summed E-state index contributed by atoms with van der Waals surface area (Å²) >= 11 is 0. The summed E-state index contributed by atoms with van der Waals surface area (Å²) in [5.41, 5.74) is -0.0303. The lowest BCUT2D eigenvalue weighted by atomic mass is 10.2. The van der Waals surface area contributed by atoms with Crippen LogP contribution in [0.15, 0.2) is 12.3 Å². The van der Waals surface area contributed by atoms with E-state index in [1.165, 1.54) is 19.3 Å². The van der Waals surface area contributed by atoms with Crippen molar-refractivity contribution in [3.8, 4) is 0 Å². The molecule has 0 saturated heterocycles. The van der Waals surface area contributed by atoms with Gasteiger partial charge in [0.05, 0.1) is 0 Å². The molecular formula is C7H7F3N2O. The highest BCUT2D eigenvalue weighted by Gasteiger charge is 2.32. The smallest absolute Gasteiger partial charge is 0.292 e. The fraction of sp³-hybridized carbons (Fsp3) is 0.429. The molecule has 1 heterocycles. The molecule has 72 valence electrons. The number of carbonyl (C=O) groups excluding carboxylic acids is 1. The van der Waals surface area contributed by atoms with Crippen molar-refractivity contribution in [1.82, 2.24) is 9.78 Å². The van der Waals surface area contributed by atoms with Crippen LogP contribution in [0.1, 0.15) is 16.9 Å². The molecule has 0 aliphatic rings. The largest absolute Gasteiger partial charge is 0.396 e. The van der Waals surface area contributed by atoms with Crippen molar-refractivity contribution in [2.24, 2.45) is 7.05 Å². The van der Waals surface area contributed by atoms with Gasteiger partial charge in [0, 0.05) is 13.2 Å². The second-order valence-electron chi connectivity index (χ2n) is 2.56. The summed E-state index contributed by atoms with van der Waals surface area (Å²) in [4.78, 5) is 11.0. The Bertz CT molecular complexity index is 316. The minimum Gasteiger partial charge on any atom is -0.292 e. The van der Waals surface area contributed by atoms with E-state index in [0.29, 0.717) is 0 Å². The zero-order chi connectivity index (χ0) is 10.1. The lowest BCUT2D eigenvalue weighted by Gasteiger charge is -2.04. The molecule has 0 aliphatic heterocycles. The van der Waals surface area contributed by atoms with Crippen LogP contribution in [0.25, 0.3) is 0 Å². The molecule has 13 heavy (non-hydrogen) atoms. The van der Waals surface area contributed by atoms with Crippen molar-refractivity contribution in [1.29, 1.82) is 0 Å². The van der Waals surface area contributed by atoms with Crippen LogP contribution in [-0.2, 0) is 7.05 Å². The second-order valence-corrected chi connectivity index (χ2v) is 2.56. The number of hydrogen-bond acceptors (Lipinski definition) is 2. The third kappa shape index (κ3) is 2.57. The van der Waals surface area contributed by atoms with Gasteiger partial charge in [-0.1, -0.05) is 0 Å². The third-order valence-corrected chi connectivity index (χ3v) is 1.47. The predicted octanol–water partition coefficient (Wildman–Crippen LogP) is 1.56. The Kier molecular flexibility index (Phi) is 2.40. The quantitative estimate of drug-likeness (QED) is 0.666. The van der Waals surface area contributed by atoms with Gasteiger partial charge in [0.25, 0.3) is 0 Å². The topological polar surface area (TPSA) is 34.9 Å². The van der Waals surface area contributed by atoms with Gasteiger partial charge >= 0.3 is 6.18 Å². The van der Waals surface area contributed by atoms with Gasteiger partial charge in [-0.15, -0.1) is 0 Å². The molecule has 0 aromatic carbocycles. The molecule has 0 fully saturated rings. The first kappa shape index (κ1) is 9.76. The van der Waals surface area contributed by atoms with E-state index in [2.05, 4.69) is 5.10 Å². The molecule has 0 aliphatic carbocycles. The lowest BCUT2D eigenvalue weighted by Crippen LogP contribution is -2.17. The van der Waals surface area contributed by atoms with Crippen LogP contribution < -0.4 is 0 Å². The van der Waals surface area contributed by atoms with E-state index in [1.807, 2.05) is 0 Å².